The van der Waals surface area contributed by atoms with Gasteiger partial charge in [-0.25, -0.2) is 13.7 Å². The molecule has 9 aromatic carbocycles. The number of aryl methyl sites for hydroxylation is 6. The Balaban J connectivity index is 0.000000119. The summed E-state index contributed by atoms with van der Waals surface area (Å²) in [5.41, 5.74) is 29.7. The molecule has 0 N–H and O–H groups in total. The quantitative estimate of drug-likeness (QED) is 0.0962. The lowest BCUT2D eigenvalue weighted by Crippen LogP contribution is -2.32. The van der Waals surface area contributed by atoms with Gasteiger partial charge in [0.2, 0.25) is 17.1 Å². The van der Waals surface area contributed by atoms with E-state index in [0.717, 1.165) is 53.3 Å². The average Bonchev–Trinajstić information content (AvgIpc) is 1.31. The molecule has 3 nitrogen and oxygen atoms in total. The predicted molar refractivity (Wildman–Crippen MR) is 506 cm³/mol. The molecule has 10 aliphatic carbocycles. The van der Waals surface area contributed by atoms with Gasteiger partial charge in [0.05, 0.1) is 0 Å². The number of pyridine rings is 3. The van der Waals surface area contributed by atoms with Gasteiger partial charge in [0.25, 0.3) is 0 Å². The first-order valence-corrected chi connectivity index (χ1v) is 48.8. The summed E-state index contributed by atoms with van der Waals surface area (Å²) >= 11 is 0. The van der Waals surface area contributed by atoms with E-state index < -0.39 is 0 Å². The molecule has 0 unspecified atom stereocenters. The SMILES string of the molecule is Cc1ccccc1-c1cc(-c2ccc3cc(C4CC5CC(C5)C4)ccc3c2)c(C2CCCCC2)c[n+]1C.Cc1ccccc1-c1cc(-c2ccc3cc(C4CCC(C5CCCC5)CC4)ccc3c2)c(C2CCCCC2)c[n+]1C.Cc1ccccc1-c1cc(-c2ccc3cc(C4CCC(C5CCCCC5)CC4)ccc3c2)c(C2CCCCC2)c[n+]1C. The van der Waals surface area contributed by atoms with Gasteiger partial charge in [-0.05, 0) is 343 Å². The minimum atomic E-state index is 0.660. The molecule has 618 valence electrons. The molecule has 0 saturated heterocycles. The van der Waals surface area contributed by atoms with E-state index >= 15 is 0 Å². The lowest BCUT2D eigenvalue weighted by molar-refractivity contribution is -0.660. The van der Waals surface area contributed by atoms with E-state index in [-0.39, 0.29) is 0 Å². The zero-order valence-corrected chi connectivity index (χ0v) is 74.0. The predicted octanol–water partition coefficient (Wildman–Crippen LogP) is 31.3. The second-order valence-electron chi connectivity index (χ2n) is 40.4. The summed E-state index contributed by atoms with van der Waals surface area (Å²) < 4.78 is 7.13. The van der Waals surface area contributed by atoms with Gasteiger partial charge >= 0.3 is 0 Å². The maximum absolute atomic E-state index is 2.52. The van der Waals surface area contributed by atoms with Crippen molar-refractivity contribution in [1.29, 1.82) is 0 Å². The van der Waals surface area contributed by atoms with Crippen molar-refractivity contribution in [2.24, 2.45) is 56.7 Å². The highest BCUT2D eigenvalue weighted by atomic mass is 14.9. The van der Waals surface area contributed by atoms with Crippen molar-refractivity contribution in [1.82, 2.24) is 0 Å². The van der Waals surface area contributed by atoms with Crippen LogP contribution in [0.25, 0.3) is 99.5 Å². The van der Waals surface area contributed by atoms with Gasteiger partial charge in [-0.1, -0.05) is 261 Å². The second kappa shape index (κ2) is 36.7. The fraction of sp³-hybridized carbons (Fsp3) is 0.462. The van der Waals surface area contributed by atoms with Gasteiger partial charge in [-0.3, -0.25) is 0 Å². The maximum atomic E-state index is 2.52. The fourth-order valence-corrected chi connectivity index (χ4v) is 25.7. The van der Waals surface area contributed by atoms with Crippen molar-refractivity contribution >= 4 is 32.3 Å². The highest BCUT2D eigenvalue weighted by Gasteiger charge is 2.39. The molecule has 0 spiro atoms. The van der Waals surface area contributed by atoms with Crippen LogP contribution in [0.15, 0.2) is 219 Å². The average molecular weight is 1590 g/mol. The van der Waals surface area contributed by atoms with Crippen molar-refractivity contribution in [3.05, 3.63) is 269 Å². The molecule has 2 bridgehead atoms. The number of nitrogens with zero attached hydrogens (tertiary/aromatic N) is 3. The van der Waals surface area contributed by atoms with Crippen LogP contribution in [-0.4, -0.2) is 0 Å². The molecule has 3 heteroatoms. The summed E-state index contributed by atoms with van der Waals surface area (Å²) in [5.74, 6) is 10.3. The van der Waals surface area contributed by atoms with Gasteiger partial charge in [0, 0.05) is 51.6 Å². The Bertz CT molecular complexity index is 5570. The smallest absolute Gasteiger partial charge is 0.201 e. The van der Waals surface area contributed by atoms with Crippen LogP contribution in [0.1, 0.15) is 317 Å². The van der Waals surface area contributed by atoms with E-state index in [1.165, 1.54) is 353 Å². The molecule has 10 fully saturated rings. The standard InChI is InChI=1S/C41H50N.C40H48N.C36H40N/c1-29-11-9-10-16-38(29)41-27-39(40(28-42(41)2)33-14-7-4-8-15-33)37-24-23-35-25-34(21-22-36(35)26-37)32-19-17-31(18-20-32)30-12-5-3-6-13-30;1-28-10-6-9-15-37(28)40-26-38(39(27-41(40)2)32-13-4-3-5-14-32)36-23-22-34-24-33(20-21-35(34)25-36)31-18-16-30(17-19-31)29-11-7-8-12-29;1-24-8-6-7-11-33(24)36-22-34(35(23-37(36)2)27-9-4-3-5-10-27)31-15-14-28-20-30(13-12-29(28)21-31)32-18-25-16-26(17-25)19-32/h9-11,16,21-28,30-33H,3-8,12-15,17-20H2,1-2H3;6,9-10,15,20-27,29-32H,3-5,7-8,11-14,16-19H2,1-2H3;6-8,11-15,20-23,25-27,32H,3-5,9-10,16-19H2,1-2H3/q3*+1. The van der Waals surface area contributed by atoms with E-state index in [9.17, 15) is 0 Å². The van der Waals surface area contributed by atoms with E-state index in [1.54, 1.807) is 27.8 Å². The van der Waals surface area contributed by atoms with Crippen molar-refractivity contribution in [2.45, 2.75) is 287 Å². The summed E-state index contributed by atoms with van der Waals surface area (Å²) in [6.07, 6.45) is 58.1. The van der Waals surface area contributed by atoms with E-state index in [2.05, 4.69) is 274 Å². The van der Waals surface area contributed by atoms with Crippen LogP contribution in [0.2, 0.25) is 0 Å². The molecule has 10 saturated carbocycles. The Labute approximate surface area is 721 Å². The van der Waals surface area contributed by atoms with Gasteiger partial charge in [0.1, 0.15) is 21.1 Å². The molecule has 0 aliphatic heterocycles. The third-order valence-electron chi connectivity index (χ3n) is 32.7. The zero-order chi connectivity index (χ0) is 81.2. The van der Waals surface area contributed by atoms with Gasteiger partial charge < -0.3 is 0 Å². The lowest BCUT2D eigenvalue weighted by Gasteiger charge is -2.45. The molecular weight excluding hydrogens is 1450 g/mol. The Morgan fingerprint density at radius 3 is 0.800 bits per heavy atom. The summed E-state index contributed by atoms with van der Waals surface area (Å²) in [6, 6.07) is 77.9. The van der Waals surface area contributed by atoms with Crippen molar-refractivity contribution < 1.29 is 13.7 Å². The summed E-state index contributed by atoms with van der Waals surface area (Å²) in [6.45, 7) is 6.70. The minimum Gasteiger partial charge on any atom is -0.201 e. The van der Waals surface area contributed by atoms with Crippen LogP contribution in [0.4, 0.5) is 0 Å². The van der Waals surface area contributed by atoms with E-state index in [4.69, 9.17) is 0 Å². The number of rotatable bonds is 14. The van der Waals surface area contributed by atoms with Gasteiger partial charge in [0.15, 0.2) is 18.6 Å². The van der Waals surface area contributed by atoms with Crippen LogP contribution in [-0.2, 0) is 21.1 Å². The van der Waals surface area contributed by atoms with Gasteiger partial charge in [-0.2, -0.15) is 0 Å². The summed E-state index contributed by atoms with van der Waals surface area (Å²) in [5, 5.41) is 8.36. The van der Waals surface area contributed by atoms with Crippen molar-refractivity contribution in [3.63, 3.8) is 0 Å². The number of fused-ring (bicyclic) bond motifs is 5. The topological polar surface area (TPSA) is 11.6 Å². The Kier molecular flexibility index (Phi) is 24.8. The van der Waals surface area contributed by atoms with Crippen molar-refractivity contribution in [2.75, 3.05) is 0 Å². The highest BCUT2D eigenvalue weighted by Crippen LogP contribution is 2.53. The zero-order valence-electron chi connectivity index (χ0n) is 74.0. The molecule has 10 aliphatic rings. The van der Waals surface area contributed by atoms with E-state index in [0.29, 0.717) is 17.8 Å². The molecule has 22 rings (SSSR count). The van der Waals surface area contributed by atoms with Crippen LogP contribution in [0.5, 0.6) is 0 Å². The first-order valence-electron chi connectivity index (χ1n) is 48.8. The number of hydrogen-bond acceptors (Lipinski definition) is 0. The molecule has 12 aromatic rings. The second-order valence-corrected chi connectivity index (χ2v) is 40.4. The monoisotopic (exact) mass is 1590 g/mol. The number of hydrogen-bond donors (Lipinski definition) is 0. The highest BCUT2D eigenvalue weighted by molar-refractivity contribution is 5.92. The molecule has 3 aromatic heterocycles. The minimum absolute atomic E-state index is 0.660. The fourth-order valence-electron chi connectivity index (χ4n) is 25.7. The maximum Gasteiger partial charge on any atom is 0.213 e. The van der Waals surface area contributed by atoms with Crippen molar-refractivity contribution in [3.8, 4) is 67.2 Å². The Morgan fingerprint density at radius 1 is 0.217 bits per heavy atom. The molecule has 3 heterocycles. The molecule has 120 heavy (non-hydrogen) atoms. The van der Waals surface area contributed by atoms with E-state index in [1.807, 2.05) is 0 Å². The summed E-state index contributed by atoms with van der Waals surface area (Å²) in [7, 11) is 6.71. The van der Waals surface area contributed by atoms with Crippen LogP contribution >= 0.6 is 0 Å². The molecule has 0 radical (unpaired) electrons. The number of aromatic nitrogens is 3. The first-order chi connectivity index (χ1) is 58.9. The normalized spacial score (nSPS) is 22.8. The van der Waals surface area contributed by atoms with Gasteiger partial charge in [-0.15, -0.1) is 0 Å². The van der Waals surface area contributed by atoms with Crippen LogP contribution in [0.3, 0.4) is 0 Å². The van der Waals surface area contributed by atoms with Crippen LogP contribution in [0, 0.1) is 56.3 Å². The number of benzene rings is 9. The Morgan fingerprint density at radius 2 is 0.483 bits per heavy atom. The molecule has 0 atom stereocenters. The largest absolute Gasteiger partial charge is 0.213 e. The third-order valence-corrected chi connectivity index (χ3v) is 32.7. The van der Waals surface area contributed by atoms with Crippen LogP contribution < -0.4 is 13.7 Å². The Hall–Kier alpha value is -8.79. The molecular formula is C117H138N3+3. The lowest BCUT2D eigenvalue weighted by atomic mass is 9.60. The molecule has 0 amide bonds. The third kappa shape index (κ3) is 17.6. The summed E-state index contributed by atoms with van der Waals surface area (Å²) in [4.78, 5) is 0. The first kappa shape index (κ1) is 80.9.